The van der Waals surface area contributed by atoms with Crippen molar-refractivity contribution >= 4 is 17.2 Å². The van der Waals surface area contributed by atoms with Crippen LogP contribution in [-0.4, -0.2) is 24.0 Å². The van der Waals surface area contributed by atoms with Crippen molar-refractivity contribution in [2.75, 3.05) is 13.1 Å². The fourth-order valence-electron chi connectivity index (χ4n) is 1.15. The molecule has 1 aromatic heterocycles. The predicted octanol–water partition coefficient (Wildman–Crippen LogP) is 0.931. The van der Waals surface area contributed by atoms with Crippen LogP contribution in [0, 0.1) is 0 Å². The fraction of sp³-hybridized carbons (Fsp3) is 0.600. The van der Waals surface area contributed by atoms with Gasteiger partial charge in [-0.2, -0.15) is 0 Å². The maximum Gasteiger partial charge on any atom is 0.233 e. The molecule has 1 aromatic rings. The lowest BCUT2D eigenvalue weighted by molar-refractivity contribution is -0.120. The van der Waals surface area contributed by atoms with Gasteiger partial charge < -0.3 is 10.6 Å². The van der Waals surface area contributed by atoms with Crippen molar-refractivity contribution < 1.29 is 4.79 Å². The summed E-state index contributed by atoms with van der Waals surface area (Å²) in [5, 5.41) is 6.96. The number of nitrogens with one attached hydrogen (secondary N) is 2. The number of hydrogen-bond acceptors (Lipinski definition) is 4. The Kier molecular flexibility index (Phi) is 5.28. The molecular weight excluding hydrogens is 210 g/mol. The number of likely N-dealkylation sites (N-methyl/N-ethyl adjacent to an activating group) is 1. The SMILES string of the molecule is CCNC(=O)CNCc1cnc(CC)s1. The highest BCUT2D eigenvalue weighted by molar-refractivity contribution is 7.11. The van der Waals surface area contributed by atoms with Gasteiger partial charge in [-0.25, -0.2) is 4.98 Å². The maximum atomic E-state index is 11.1. The molecule has 15 heavy (non-hydrogen) atoms. The molecule has 5 heteroatoms. The number of rotatable bonds is 6. The second-order valence-electron chi connectivity index (χ2n) is 3.13. The second kappa shape index (κ2) is 6.53. The highest BCUT2D eigenvalue weighted by atomic mass is 32.1. The van der Waals surface area contributed by atoms with Crippen molar-refractivity contribution in [2.45, 2.75) is 26.8 Å². The van der Waals surface area contributed by atoms with E-state index in [2.05, 4.69) is 22.5 Å². The van der Waals surface area contributed by atoms with Crippen molar-refractivity contribution in [3.05, 3.63) is 16.1 Å². The number of nitrogens with zero attached hydrogens (tertiary/aromatic N) is 1. The highest BCUT2D eigenvalue weighted by Crippen LogP contribution is 2.12. The van der Waals surface area contributed by atoms with Crippen LogP contribution >= 0.6 is 11.3 Å². The Hall–Kier alpha value is -0.940. The quantitative estimate of drug-likeness (QED) is 0.760. The van der Waals surface area contributed by atoms with Gasteiger partial charge in [0.1, 0.15) is 0 Å². The molecule has 1 rings (SSSR count). The summed E-state index contributed by atoms with van der Waals surface area (Å²) in [5.74, 6) is 0.0396. The molecule has 0 fully saturated rings. The van der Waals surface area contributed by atoms with E-state index in [1.54, 1.807) is 11.3 Å². The van der Waals surface area contributed by atoms with E-state index in [0.29, 0.717) is 13.1 Å². The number of aryl methyl sites for hydroxylation is 1. The second-order valence-corrected chi connectivity index (χ2v) is 4.33. The molecule has 0 aliphatic heterocycles. The van der Waals surface area contributed by atoms with Gasteiger partial charge in [-0.3, -0.25) is 4.79 Å². The highest BCUT2D eigenvalue weighted by Gasteiger charge is 2.01. The molecule has 0 unspecified atom stereocenters. The first-order valence-corrected chi connectivity index (χ1v) is 5.98. The van der Waals surface area contributed by atoms with Gasteiger partial charge >= 0.3 is 0 Å². The molecular formula is C10H17N3OS. The van der Waals surface area contributed by atoms with E-state index in [4.69, 9.17) is 0 Å². The van der Waals surface area contributed by atoms with Gasteiger partial charge in [-0.15, -0.1) is 11.3 Å². The van der Waals surface area contributed by atoms with E-state index in [1.807, 2.05) is 13.1 Å². The normalized spacial score (nSPS) is 10.3. The van der Waals surface area contributed by atoms with Crippen LogP contribution in [0.15, 0.2) is 6.20 Å². The molecule has 0 aliphatic rings. The lowest BCUT2D eigenvalue weighted by atomic mass is 10.5. The summed E-state index contributed by atoms with van der Waals surface area (Å²) >= 11 is 1.69. The summed E-state index contributed by atoms with van der Waals surface area (Å²) in [6.45, 7) is 5.77. The van der Waals surface area contributed by atoms with E-state index in [1.165, 1.54) is 4.88 Å². The van der Waals surface area contributed by atoms with Crippen LogP contribution < -0.4 is 10.6 Å². The van der Waals surface area contributed by atoms with Crippen molar-refractivity contribution in [2.24, 2.45) is 0 Å². The number of carbonyl (C=O) groups excluding carboxylic acids is 1. The standard InChI is InChI=1S/C10H17N3OS/c1-3-10-13-6-8(15-10)5-11-7-9(14)12-4-2/h6,11H,3-5,7H2,1-2H3,(H,12,14). The molecule has 0 aliphatic carbocycles. The van der Waals surface area contributed by atoms with Crippen LogP contribution in [0.25, 0.3) is 0 Å². The van der Waals surface area contributed by atoms with Crippen LogP contribution in [0.4, 0.5) is 0 Å². The largest absolute Gasteiger partial charge is 0.355 e. The van der Waals surface area contributed by atoms with Gasteiger partial charge in [0, 0.05) is 24.2 Å². The summed E-state index contributed by atoms with van der Waals surface area (Å²) in [4.78, 5) is 16.5. The maximum absolute atomic E-state index is 11.1. The number of amides is 1. The molecule has 0 spiro atoms. The predicted molar refractivity (Wildman–Crippen MR) is 61.9 cm³/mol. The molecule has 0 radical (unpaired) electrons. The van der Waals surface area contributed by atoms with Gasteiger partial charge in [0.05, 0.1) is 11.6 Å². The Morgan fingerprint density at radius 3 is 2.93 bits per heavy atom. The Morgan fingerprint density at radius 1 is 1.53 bits per heavy atom. The first kappa shape index (κ1) is 12.1. The minimum Gasteiger partial charge on any atom is -0.355 e. The molecule has 2 N–H and O–H groups in total. The van der Waals surface area contributed by atoms with E-state index in [-0.39, 0.29) is 5.91 Å². The smallest absolute Gasteiger partial charge is 0.233 e. The zero-order valence-electron chi connectivity index (χ0n) is 9.17. The molecule has 0 aromatic carbocycles. The van der Waals surface area contributed by atoms with Crippen molar-refractivity contribution in [1.29, 1.82) is 0 Å². The molecule has 0 saturated heterocycles. The number of hydrogen-bond donors (Lipinski definition) is 2. The number of aromatic nitrogens is 1. The fourth-order valence-corrected chi connectivity index (χ4v) is 1.98. The molecule has 0 saturated carbocycles. The third-order valence-corrected chi connectivity index (χ3v) is 3.00. The Labute approximate surface area is 94.1 Å². The van der Waals surface area contributed by atoms with E-state index in [9.17, 15) is 4.79 Å². The monoisotopic (exact) mass is 227 g/mol. The molecule has 4 nitrogen and oxygen atoms in total. The Bertz CT molecular complexity index is 311. The van der Waals surface area contributed by atoms with Crippen LogP contribution in [0.2, 0.25) is 0 Å². The summed E-state index contributed by atoms with van der Waals surface area (Å²) in [6.07, 6.45) is 2.84. The summed E-state index contributed by atoms with van der Waals surface area (Å²) in [7, 11) is 0. The lowest BCUT2D eigenvalue weighted by Crippen LogP contribution is -2.33. The lowest BCUT2D eigenvalue weighted by Gasteiger charge is -2.02. The van der Waals surface area contributed by atoms with Gasteiger partial charge in [0.15, 0.2) is 0 Å². The topological polar surface area (TPSA) is 54.0 Å². The Morgan fingerprint density at radius 2 is 2.33 bits per heavy atom. The minimum atomic E-state index is 0.0396. The zero-order chi connectivity index (χ0) is 11.1. The first-order valence-electron chi connectivity index (χ1n) is 5.17. The van der Waals surface area contributed by atoms with Crippen LogP contribution in [0.3, 0.4) is 0 Å². The summed E-state index contributed by atoms with van der Waals surface area (Å²) in [6, 6.07) is 0. The number of thiazole rings is 1. The van der Waals surface area contributed by atoms with Gasteiger partial charge in [0.2, 0.25) is 5.91 Å². The molecule has 1 heterocycles. The summed E-state index contributed by atoms with van der Waals surface area (Å²) < 4.78 is 0. The molecule has 0 bridgehead atoms. The van der Waals surface area contributed by atoms with E-state index >= 15 is 0 Å². The average Bonchev–Trinajstić information content (AvgIpc) is 2.66. The van der Waals surface area contributed by atoms with Crippen molar-refractivity contribution in [3.63, 3.8) is 0 Å². The van der Waals surface area contributed by atoms with Crippen molar-refractivity contribution in [3.8, 4) is 0 Å². The molecule has 84 valence electrons. The third-order valence-electron chi connectivity index (χ3n) is 1.86. The zero-order valence-corrected chi connectivity index (χ0v) is 9.99. The van der Waals surface area contributed by atoms with Crippen molar-refractivity contribution in [1.82, 2.24) is 15.6 Å². The van der Waals surface area contributed by atoms with E-state index < -0.39 is 0 Å². The van der Waals surface area contributed by atoms with E-state index in [0.717, 1.165) is 18.0 Å². The van der Waals surface area contributed by atoms with Crippen LogP contribution in [-0.2, 0) is 17.8 Å². The van der Waals surface area contributed by atoms with Crippen LogP contribution in [0.1, 0.15) is 23.7 Å². The molecule has 0 atom stereocenters. The third kappa shape index (κ3) is 4.40. The first-order chi connectivity index (χ1) is 7.26. The average molecular weight is 227 g/mol. The summed E-state index contributed by atoms with van der Waals surface area (Å²) in [5.41, 5.74) is 0. The molecule has 1 amide bonds. The van der Waals surface area contributed by atoms with Gasteiger partial charge in [-0.05, 0) is 13.3 Å². The Balaban J connectivity index is 2.22. The van der Waals surface area contributed by atoms with Crippen LogP contribution in [0.5, 0.6) is 0 Å². The van der Waals surface area contributed by atoms with Gasteiger partial charge in [-0.1, -0.05) is 6.92 Å². The van der Waals surface area contributed by atoms with Gasteiger partial charge in [0.25, 0.3) is 0 Å². The minimum absolute atomic E-state index is 0.0396. The number of carbonyl (C=O) groups is 1.